The number of sulfonamides is 1. The molecule has 0 fully saturated rings. The molecule has 0 amide bonds. The Hall–Kier alpha value is -1.85. The number of nitrogens with one attached hydrogen (secondary N) is 2. The Labute approximate surface area is 126 Å². The molecule has 0 aliphatic rings. The average Bonchev–Trinajstić information content (AvgIpc) is 2.40. The molecule has 21 heavy (non-hydrogen) atoms. The molecule has 5 heteroatoms. The largest absolute Gasteiger partial charge is 0.316 e. The first kappa shape index (κ1) is 15.5. The SMILES string of the molecule is CNCc1cccc(S(=O)(=O)Nc2cccc(C)c2)c1C. The molecule has 0 unspecified atom stereocenters. The van der Waals surface area contributed by atoms with E-state index >= 15 is 0 Å². The van der Waals surface area contributed by atoms with Gasteiger partial charge in [-0.05, 0) is 55.8 Å². The van der Waals surface area contributed by atoms with Crippen molar-refractivity contribution in [1.82, 2.24) is 5.32 Å². The minimum Gasteiger partial charge on any atom is -0.316 e. The number of benzene rings is 2. The zero-order valence-corrected chi connectivity index (χ0v) is 13.3. The van der Waals surface area contributed by atoms with Crippen LogP contribution in [-0.4, -0.2) is 15.5 Å². The number of rotatable bonds is 5. The summed E-state index contributed by atoms with van der Waals surface area (Å²) >= 11 is 0. The van der Waals surface area contributed by atoms with Crippen LogP contribution in [0.25, 0.3) is 0 Å². The minimum atomic E-state index is -3.58. The zero-order valence-electron chi connectivity index (χ0n) is 12.5. The molecule has 2 aromatic carbocycles. The maximum atomic E-state index is 12.6. The van der Waals surface area contributed by atoms with Crippen molar-refractivity contribution in [2.45, 2.75) is 25.3 Å². The van der Waals surface area contributed by atoms with Crippen molar-refractivity contribution < 1.29 is 8.42 Å². The second-order valence-corrected chi connectivity index (χ2v) is 6.70. The summed E-state index contributed by atoms with van der Waals surface area (Å²) < 4.78 is 27.8. The van der Waals surface area contributed by atoms with Crippen molar-refractivity contribution in [3.8, 4) is 0 Å². The van der Waals surface area contributed by atoms with Gasteiger partial charge < -0.3 is 5.32 Å². The predicted octanol–water partition coefficient (Wildman–Crippen LogP) is 2.82. The van der Waals surface area contributed by atoms with E-state index in [0.29, 0.717) is 17.1 Å². The summed E-state index contributed by atoms with van der Waals surface area (Å²) in [7, 11) is -1.74. The Morgan fingerprint density at radius 2 is 1.76 bits per heavy atom. The van der Waals surface area contributed by atoms with E-state index in [1.165, 1.54) is 0 Å². The fraction of sp³-hybridized carbons (Fsp3) is 0.250. The summed E-state index contributed by atoms with van der Waals surface area (Å²) in [4.78, 5) is 0.316. The monoisotopic (exact) mass is 304 g/mol. The second kappa shape index (κ2) is 6.28. The molecule has 0 radical (unpaired) electrons. The van der Waals surface area contributed by atoms with Crippen LogP contribution in [0.1, 0.15) is 16.7 Å². The van der Waals surface area contributed by atoms with Crippen LogP contribution in [-0.2, 0) is 16.6 Å². The molecule has 2 rings (SSSR count). The van der Waals surface area contributed by atoms with Crippen LogP contribution < -0.4 is 10.0 Å². The lowest BCUT2D eigenvalue weighted by Gasteiger charge is -2.13. The number of hydrogen-bond acceptors (Lipinski definition) is 3. The van der Waals surface area contributed by atoms with E-state index in [0.717, 1.165) is 16.7 Å². The van der Waals surface area contributed by atoms with Gasteiger partial charge in [0.15, 0.2) is 0 Å². The topological polar surface area (TPSA) is 58.2 Å². The standard InChI is InChI=1S/C16H20N2O2S/c1-12-6-4-8-15(10-12)18-21(19,20)16-9-5-7-14(11-17-3)13(16)2/h4-10,17-18H,11H2,1-3H3. The van der Waals surface area contributed by atoms with E-state index in [4.69, 9.17) is 0 Å². The van der Waals surface area contributed by atoms with E-state index in [9.17, 15) is 8.42 Å². The van der Waals surface area contributed by atoms with Gasteiger partial charge in [-0.1, -0.05) is 24.3 Å². The van der Waals surface area contributed by atoms with E-state index in [-0.39, 0.29) is 0 Å². The Morgan fingerprint density at radius 1 is 1.05 bits per heavy atom. The molecule has 112 valence electrons. The molecule has 0 saturated heterocycles. The summed E-state index contributed by atoms with van der Waals surface area (Å²) in [6.07, 6.45) is 0. The molecule has 0 aromatic heterocycles. The maximum absolute atomic E-state index is 12.6. The number of hydrogen-bond donors (Lipinski definition) is 2. The van der Waals surface area contributed by atoms with Crippen LogP contribution in [0.2, 0.25) is 0 Å². The van der Waals surface area contributed by atoms with Gasteiger partial charge in [0.05, 0.1) is 4.90 Å². The smallest absolute Gasteiger partial charge is 0.262 e. The summed E-state index contributed by atoms with van der Waals surface area (Å²) in [5, 5.41) is 3.05. The van der Waals surface area contributed by atoms with Gasteiger partial charge in [0.25, 0.3) is 10.0 Å². The fourth-order valence-electron chi connectivity index (χ4n) is 2.25. The molecule has 0 atom stereocenters. The zero-order chi connectivity index (χ0) is 15.5. The summed E-state index contributed by atoms with van der Waals surface area (Å²) in [6.45, 7) is 4.40. The van der Waals surface area contributed by atoms with Crippen LogP contribution in [0.15, 0.2) is 47.4 Å². The molecular weight excluding hydrogens is 284 g/mol. The van der Waals surface area contributed by atoms with Crippen LogP contribution in [0.5, 0.6) is 0 Å². The van der Waals surface area contributed by atoms with Gasteiger partial charge in [-0.15, -0.1) is 0 Å². The molecule has 0 aliphatic carbocycles. The second-order valence-electron chi connectivity index (χ2n) is 5.05. The average molecular weight is 304 g/mol. The van der Waals surface area contributed by atoms with E-state index in [1.54, 1.807) is 18.2 Å². The van der Waals surface area contributed by atoms with Crippen molar-refractivity contribution >= 4 is 15.7 Å². The molecule has 0 spiro atoms. The first-order chi connectivity index (χ1) is 9.94. The van der Waals surface area contributed by atoms with Gasteiger partial charge in [-0.25, -0.2) is 8.42 Å². The van der Waals surface area contributed by atoms with Crippen LogP contribution >= 0.6 is 0 Å². The number of aryl methyl sites for hydroxylation is 1. The van der Waals surface area contributed by atoms with Crippen molar-refractivity contribution in [1.29, 1.82) is 0 Å². The Morgan fingerprint density at radius 3 is 2.43 bits per heavy atom. The number of anilines is 1. The highest BCUT2D eigenvalue weighted by Crippen LogP contribution is 2.22. The fourth-order valence-corrected chi connectivity index (χ4v) is 3.59. The summed E-state index contributed by atoms with van der Waals surface area (Å²) in [6, 6.07) is 12.6. The molecule has 2 aromatic rings. The molecular formula is C16H20N2O2S. The molecule has 0 aliphatic heterocycles. The van der Waals surface area contributed by atoms with E-state index in [2.05, 4.69) is 10.0 Å². The van der Waals surface area contributed by atoms with Crippen molar-refractivity contribution in [3.63, 3.8) is 0 Å². The molecule has 4 nitrogen and oxygen atoms in total. The van der Waals surface area contributed by atoms with Gasteiger partial charge in [0.1, 0.15) is 0 Å². The maximum Gasteiger partial charge on any atom is 0.262 e. The predicted molar refractivity (Wildman–Crippen MR) is 85.9 cm³/mol. The van der Waals surface area contributed by atoms with Gasteiger partial charge >= 0.3 is 0 Å². The Kier molecular flexibility index (Phi) is 4.65. The van der Waals surface area contributed by atoms with Crippen LogP contribution in [0.4, 0.5) is 5.69 Å². The van der Waals surface area contributed by atoms with Crippen molar-refractivity contribution in [2.24, 2.45) is 0 Å². The highest BCUT2D eigenvalue weighted by Gasteiger charge is 2.18. The normalized spacial score (nSPS) is 11.4. The lowest BCUT2D eigenvalue weighted by Crippen LogP contribution is -2.16. The Bertz CT molecular complexity index is 740. The van der Waals surface area contributed by atoms with E-state index in [1.807, 2.05) is 45.2 Å². The first-order valence-corrected chi connectivity index (χ1v) is 8.25. The highest BCUT2D eigenvalue weighted by molar-refractivity contribution is 7.92. The van der Waals surface area contributed by atoms with Crippen LogP contribution in [0, 0.1) is 13.8 Å². The molecule has 2 N–H and O–H groups in total. The first-order valence-electron chi connectivity index (χ1n) is 6.76. The van der Waals surface area contributed by atoms with Crippen molar-refractivity contribution in [2.75, 3.05) is 11.8 Å². The third-order valence-corrected chi connectivity index (χ3v) is 4.85. The summed E-state index contributed by atoms with van der Waals surface area (Å²) in [5.41, 5.74) is 3.33. The van der Waals surface area contributed by atoms with Gasteiger partial charge in [0, 0.05) is 12.2 Å². The summed E-state index contributed by atoms with van der Waals surface area (Å²) in [5.74, 6) is 0. The quantitative estimate of drug-likeness (QED) is 0.893. The highest BCUT2D eigenvalue weighted by atomic mass is 32.2. The minimum absolute atomic E-state index is 0.316. The van der Waals surface area contributed by atoms with E-state index < -0.39 is 10.0 Å². The van der Waals surface area contributed by atoms with Crippen LogP contribution in [0.3, 0.4) is 0 Å². The lowest BCUT2D eigenvalue weighted by molar-refractivity contribution is 0.600. The third-order valence-electron chi connectivity index (χ3n) is 3.32. The third kappa shape index (κ3) is 3.62. The van der Waals surface area contributed by atoms with Gasteiger partial charge in [0.2, 0.25) is 0 Å². The lowest BCUT2D eigenvalue weighted by atomic mass is 10.1. The van der Waals surface area contributed by atoms with Gasteiger partial charge in [-0.2, -0.15) is 0 Å². The molecule has 0 heterocycles. The van der Waals surface area contributed by atoms with Crippen molar-refractivity contribution in [3.05, 3.63) is 59.2 Å². The molecule has 0 saturated carbocycles. The van der Waals surface area contributed by atoms with Gasteiger partial charge in [-0.3, -0.25) is 4.72 Å². The Balaban J connectivity index is 2.38. The molecule has 0 bridgehead atoms.